The van der Waals surface area contributed by atoms with E-state index >= 15 is 0 Å². The van der Waals surface area contributed by atoms with Crippen LogP contribution >= 0.6 is 0 Å². The van der Waals surface area contributed by atoms with Crippen molar-refractivity contribution in [1.29, 1.82) is 5.26 Å². The van der Waals surface area contributed by atoms with E-state index in [0.29, 0.717) is 38.2 Å². The molecular weight excluding hydrogens is 311 g/mol. The van der Waals surface area contributed by atoms with Crippen molar-refractivity contribution in [3.05, 3.63) is 35.6 Å². The van der Waals surface area contributed by atoms with Crippen molar-refractivity contribution in [3.63, 3.8) is 0 Å². The van der Waals surface area contributed by atoms with E-state index in [2.05, 4.69) is 5.32 Å². The molecule has 0 spiro atoms. The molecule has 1 fully saturated rings. The number of hydrogen-bond donors (Lipinski definition) is 1. The number of benzene rings is 1. The van der Waals surface area contributed by atoms with Gasteiger partial charge < -0.3 is 10.2 Å². The standard InChI is InChI=1S/C17H21FN4O2/c18-15-5-1-4-14(12-15)17(24)22-9-3-8-21(10-11-22)13-16(23)20-7-2-6-19/h1,4-5,12H,2-3,7-11,13H2,(H,20,23). The third kappa shape index (κ3) is 5.32. The summed E-state index contributed by atoms with van der Waals surface area (Å²) in [6.45, 7) is 3.01. The van der Waals surface area contributed by atoms with Gasteiger partial charge in [-0.15, -0.1) is 0 Å². The van der Waals surface area contributed by atoms with Crippen LogP contribution in [-0.4, -0.2) is 60.9 Å². The fraction of sp³-hybridized carbons (Fsp3) is 0.471. The van der Waals surface area contributed by atoms with E-state index in [4.69, 9.17) is 5.26 Å². The van der Waals surface area contributed by atoms with E-state index in [1.807, 2.05) is 11.0 Å². The van der Waals surface area contributed by atoms with Crippen LogP contribution in [0.4, 0.5) is 4.39 Å². The Morgan fingerprint density at radius 3 is 2.83 bits per heavy atom. The molecule has 1 aromatic carbocycles. The lowest BCUT2D eigenvalue weighted by molar-refractivity contribution is -0.122. The topological polar surface area (TPSA) is 76.4 Å². The van der Waals surface area contributed by atoms with E-state index in [0.717, 1.165) is 13.0 Å². The first-order chi connectivity index (χ1) is 11.6. The molecule has 6 nitrogen and oxygen atoms in total. The molecule has 0 unspecified atom stereocenters. The Labute approximate surface area is 140 Å². The van der Waals surface area contributed by atoms with Crippen LogP contribution < -0.4 is 5.32 Å². The van der Waals surface area contributed by atoms with Crippen LogP contribution in [0.5, 0.6) is 0 Å². The Morgan fingerprint density at radius 1 is 1.25 bits per heavy atom. The van der Waals surface area contributed by atoms with Crippen molar-refractivity contribution in [2.24, 2.45) is 0 Å². The van der Waals surface area contributed by atoms with Gasteiger partial charge in [0, 0.05) is 38.3 Å². The number of carbonyl (C=O) groups is 2. The van der Waals surface area contributed by atoms with Gasteiger partial charge in [-0.25, -0.2) is 4.39 Å². The van der Waals surface area contributed by atoms with Crippen molar-refractivity contribution in [1.82, 2.24) is 15.1 Å². The maximum absolute atomic E-state index is 13.3. The van der Waals surface area contributed by atoms with Gasteiger partial charge in [0.2, 0.25) is 5.91 Å². The Morgan fingerprint density at radius 2 is 2.08 bits per heavy atom. The number of rotatable bonds is 5. The molecule has 1 saturated heterocycles. The quantitative estimate of drug-likeness (QED) is 0.816. The zero-order valence-electron chi connectivity index (χ0n) is 13.5. The smallest absolute Gasteiger partial charge is 0.254 e. The molecule has 1 aromatic rings. The zero-order valence-corrected chi connectivity index (χ0v) is 13.5. The molecule has 128 valence electrons. The second-order valence-electron chi connectivity index (χ2n) is 5.69. The lowest BCUT2D eigenvalue weighted by Crippen LogP contribution is -2.40. The lowest BCUT2D eigenvalue weighted by Gasteiger charge is -2.21. The predicted octanol–water partition coefficient (Wildman–Crippen LogP) is 1.00. The van der Waals surface area contributed by atoms with Crippen molar-refractivity contribution in [2.45, 2.75) is 12.8 Å². The molecule has 7 heteroatoms. The maximum atomic E-state index is 13.3. The van der Waals surface area contributed by atoms with Crippen LogP contribution in [0.3, 0.4) is 0 Å². The fourth-order valence-electron chi connectivity index (χ4n) is 2.65. The molecule has 2 amide bonds. The summed E-state index contributed by atoms with van der Waals surface area (Å²) in [7, 11) is 0. The van der Waals surface area contributed by atoms with E-state index in [9.17, 15) is 14.0 Å². The number of hydrogen-bond acceptors (Lipinski definition) is 4. The molecule has 2 rings (SSSR count). The van der Waals surface area contributed by atoms with Gasteiger partial charge in [-0.3, -0.25) is 14.5 Å². The van der Waals surface area contributed by atoms with Crippen molar-refractivity contribution in [3.8, 4) is 6.07 Å². The summed E-state index contributed by atoms with van der Waals surface area (Å²) in [4.78, 5) is 27.9. The SMILES string of the molecule is N#CCCNC(=O)CN1CCCN(C(=O)c2cccc(F)c2)CC1. The summed E-state index contributed by atoms with van der Waals surface area (Å²) in [5.41, 5.74) is 0.345. The molecule has 0 radical (unpaired) electrons. The summed E-state index contributed by atoms with van der Waals surface area (Å²) in [5.74, 6) is -0.726. The molecule has 0 atom stereocenters. The van der Waals surface area contributed by atoms with Gasteiger partial charge in [0.1, 0.15) is 5.82 Å². The molecular formula is C17H21FN4O2. The van der Waals surface area contributed by atoms with Crippen LogP contribution in [0.2, 0.25) is 0 Å². The van der Waals surface area contributed by atoms with Crippen LogP contribution in [0.25, 0.3) is 0 Å². The number of amides is 2. The minimum Gasteiger partial charge on any atom is -0.354 e. The third-order valence-electron chi connectivity index (χ3n) is 3.87. The van der Waals surface area contributed by atoms with Crippen LogP contribution in [0, 0.1) is 17.1 Å². The normalized spacial score (nSPS) is 15.4. The van der Waals surface area contributed by atoms with Gasteiger partial charge in [0.15, 0.2) is 0 Å². The second kappa shape index (κ2) is 8.99. The molecule has 1 aliphatic rings. The summed E-state index contributed by atoms with van der Waals surface area (Å²) in [6.07, 6.45) is 1.05. The lowest BCUT2D eigenvalue weighted by atomic mass is 10.2. The molecule has 0 aliphatic carbocycles. The molecule has 1 aliphatic heterocycles. The van der Waals surface area contributed by atoms with Crippen LogP contribution in [0.15, 0.2) is 24.3 Å². The number of carbonyl (C=O) groups excluding carboxylic acids is 2. The van der Waals surface area contributed by atoms with Crippen LogP contribution in [-0.2, 0) is 4.79 Å². The number of nitriles is 1. The highest BCUT2D eigenvalue weighted by molar-refractivity contribution is 5.94. The van der Waals surface area contributed by atoms with Crippen molar-refractivity contribution in [2.75, 3.05) is 39.3 Å². The first-order valence-electron chi connectivity index (χ1n) is 8.01. The van der Waals surface area contributed by atoms with E-state index in [1.165, 1.54) is 18.2 Å². The molecule has 1 N–H and O–H groups in total. The number of nitrogens with zero attached hydrogens (tertiary/aromatic N) is 3. The highest BCUT2D eigenvalue weighted by Gasteiger charge is 2.21. The fourth-order valence-corrected chi connectivity index (χ4v) is 2.65. The Bertz CT molecular complexity index is 629. The zero-order chi connectivity index (χ0) is 17.4. The average Bonchev–Trinajstić information content (AvgIpc) is 2.80. The predicted molar refractivity (Wildman–Crippen MR) is 86.6 cm³/mol. The summed E-state index contributed by atoms with van der Waals surface area (Å²) >= 11 is 0. The average molecular weight is 332 g/mol. The van der Waals surface area contributed by atoms with Gasteiger partial charge >= 0.3 is 0 Å². The first kappa shape index (κ1) is 17.9. The second-order valence-corrected chi connectivity index (χ2v) is 5.69. The van der Waals surface area contributed by atoms with Crippen LogP contribution in [0.1, 0.15) is 23.2 Å². The summed E-state index contributed by atoms with van der Waals surface area (Å²) < 4.78 is 13.3. The van der Waals surface area contributed by atoms with Crippen molar-refractivity contribution >= 4 is 11.8 Å². The highest BCUT2D eigenvalue weighted by atomic mass is 19.1. The number of halogens is 1. The van der Waals surface area contributed by atoms with E-state index in [1.54, 1.807) is 11.0 Å². The molecule has 24 heavy (non-hydrogen) atoms. The van der Waals surface area contributed by atoms with Gasteiger partial charge in [-0.05, 0) is 24.6 Å². The Hall–Kier alpha value is -2.46. The minimum atomic E-state index is -0.425. The summed E-state index contributed by atoms with van der Waals surface area (Å²) in [6, 6.07) is 7.66. The molecule has 0 saturated carbocycles. The van der Waals surface area contributed by atoms with Crippen molar-refractivity contribution < 1.29 is 14.0 Å². The molecule has 0 bridgehead atoms. The molecule has 0 aromatic heterocycles. The van der Waals surface area contributed by atoms with Gasteiger partial charge in [0.05, 0.1) is 19.0 Å². The largest absolute Gasteiger partial charge is 0.354 e. The van der Waals surface area contributed by atoms with Gasteiger partial charge in [-0.1, -0.05) is 6.07 Å². The van der Waals surface area contributed by atoms with E-state index < -0.39 is 5.82 Å². The van der Waals surface area contributed by atoms with Gasteiger partial charge in [-0.2, -0.15) is 5.26 Å². The Balaban J connectivity index is 1.85. The Kier molecular flexibility index (Phi) is 6.70. The maximum Gasteiger partial charge on any atom is 0.254 e. The third-order valence-corrected chi connectivity index (χ3v) is 3.87. The highest BCUT2D eigenvalue weighted by Crippen LogP contribution is 2.10. The number of nitrogens with one attached hydrogen (secondary N) is 1. The minimum absolute atomic E-state index is 0.116. The monoisotopic (exact) mass is 332 g/mol. The summed E-state index contributed by atoms with van der Waals surface area (Å²) in [5, 5.41) is 11.1. The van der Waals surface area contributed by atoms with Gasteiger partial charge in [0.25, 0.3) is 5.91 Å². The molecule has 1 heterocycles. The van der Waals surface area contributed by atoms with E-state index in [-0.39, 0.29) is 18.4 Å². The first-order valence-corrected chi connectivity index (χ1v) is 8.01.